The minimum Gasteiger partial charge on any atom is -0.390 e. The van der Waals surface area contributed by atoms with Crippen molar-refractivity contribution in [3.05, 3.63) is 42.2 Å². The highest BCUT2D eigenvalue weighted by atomic mass is 19.1. The molecule has 0 unspecified atom stereocenters. The average Bonchev–Trinajstić information content (AvgIpc) is 2.79. The highest BCUT2D eigenvalue weighted by molar-refractivity contribution is 5.98. The van der Waals surface area contributed by atoms with Crippen molar-refractivity contribution in [1.29, 1.82) is 0 Å². The Morgan fingerprint density at radius 2 is 1.94 bits per heavy atom. The molecule has 2 aliphatic rings. The number of nitrogens with zero attached hydrogens (tertiary/aromatic N) is 5. The number of benzene rings is 1. The van der Waals surface area contributed by atoms with Crippen LogP contribution in [0.25, 0.3) is 10.8 Å². The van der Waals surface area contributed by atoms with Gasteiger partial charge in [-0.3, -0.25) is 4.79 Å². The number of hydrogen-bond acceptors (Lipinski definition) is 8. The Labute approximate surface area is 210 Å². The van der Waals surface area contributed by atoms with Gasteiger partial charge in [-0.15, -0.1) is 0 Å². The Kier molecular flexibility index (Phi) is 6.28. The van der Waals surface area contributed by atoms with E-state index in [0.717, 1.165) is 29.5 Å². The molecule has 190 valence electrons. The van der Waals surface area contributed by atoms with Gasteiger partial charge in [-0.25, -0.2) is 14.4 Å². The van der Waals surface area contributed by atoms with Gasteiger partial charge < -0.3 is 20.2 Å². The van der Waals surface area contributed by atoms with Crippen LogP contribution in [-0.2, 0) is 4.79 Å². The van der Waals surface area contributed by atoms with Crippen LogP contribution in [0, 0.1) is 5.92 Å². The number of aliphatic hydroxyl groups is 1. The molecule has 2 atom stereocenters. The van der Waals surface area contributed by atoms with Gasteiger partial charge in [-0.2, -0.15) is 4.98 Å². The molecule has 2 fully saturated rings. The van der Waals surface area contributed by atoms with Crippen molar-refractivity contribution in [2.45, 2.75) is 51.8 Å². The first-order valence-electron chi connectivity index (χ1n) is 12.5. The Hall–Kier alpha value is -3.33. The second-order valence-electron chi connectivity index (χ2n) is 10.5. The number of aliphatic hydroxyl groups excluding tert-OH is 1. The third-order valence-corrected chi connectivity index (χ3v) is 7.38. The number of piperidine rings is 1. The fraction of sp³-hybridized carbons (Fsp3) is 0.481. The first-order chi connectivity index (χ1) is 17.1. The van der Waals surface area contributed by atoms with E-state index in [-0.39, 0.29) is 18.2 Å². The summed E-state index contributed by atoms with van der Waals surface area (Å²) in [4.78, 5) is 29.3. The molecule has 4 heterocycles. The highest BCUT2D eigenvalue weighted by Gasteiger charge is 2.39. The molecule has 2 aliphatic heterocycles. The SMILES string of the molecule is CC(=O)C1CN(c2ccc(C(C)C)c3cc(Nc4ccnc(N5CC[C@@H](O)[C@@](C)(F)C5)n4)ncc23)C1. The summed E-state index contributed by atoms with van der Waals surface area (Å²) in [7, 11) is 0. The van der Waals surface area contributed by atoms with Gasteiger partial charge in [-0.1, -0.05) is 19.9 Å². The predicted molar refractivity (Wildman–Crippen MR) is 140 cm³/mol. The molecule has 2 aromatic heterocycles. The topological polar surface area (TPSA) is 94.5 Å². The lowest BCUT2D eigenvalue weighted by molar-refractivity contribution is -0.121. The maximum absolute atomic E-state index is 14.7. The number of ketones is 1. The van der Waals surface area contributed by atoms with Crippen LogP contribution in [0.4, 0.5) is 27.7 Å². The van der Waals surface area contributed by atoms with E-state index in [0.29, 0.717) is 36.5 Å². The first kappa shape index (κ1) is 24.4. The molecule has 0 saturated carbocycles. The number of carbonyl (C=O) groups is 1. The summed E-state index contributed by atoms with van der Waals surface area (Å²) in [5.74, 6) is 2.30. The summed E-state index contributed by atoms with van der Waals surface area (Å²) in [6.07, 6.45) is 2.86. The molecule has 8 nitrogen and oxygen atoms in total. The van der Waals surface area contributed by atoms with Crippen molar-refractivity contribution in [1.82, 2.24) is 15.0 Å². The van der Waals surface area contributed by atoms with E-state index in [1.165, 1.54) is 12.5 Å². The number of hydrogen-bond donors (Lipinski definition) is 2. The Balaban J connectivity index is 1.42. The number of anilines is 4. The second kappa shape index (κ2) is 9.28. The summed E-state index contributed by atoms with van der Waals surface area (Å²) in [5, 5.41) is 15.4. The Bertz CT molecular complexity index is 1290. The number of pyridine rings is 1. The summed E-state index contributed by atoms with van der Waals surface area (Å²) in [6.45, 7) is 9.40. The summed E-state index contributed by atoms with van der Waals surface area (Å²) >= 11 is 0. The zero-order valence-corrected chi connectivity index (χ0v) is 21.2. The molecular formula is C27H33FN6O2. The van der Waals surface area contributed by atoms with Gasteiger partial charge in [0.15, 0.2) is 5.67 Å². The summed E-state index contributed by atoms with van der Waals surface area (Å²) < 4.78 is 14.7. The molecule has 5 rings (SSSR count). The molecular weight excluding hydrogens is 459 g/mol. The Morgan fingerprint density at radius 1 is 1.17 bits per heavy atom. The lowest BCUT2D eigenvalue weighted by atomic mass is 9.92. The number of rotatable bonds is 6. The van der Waals surface area contributed by atoms with Gasteiger partial charge in [0.2, 0.25) is 5.95 Å². The molecule has 3 aromatic rings. The highest BCUT2D eigenvalue weighted by Crippen LogP contribution is 2.37. The predicted octanol–water partition coefficient (Wildman–Crippen LogP) is 4.22. The standard InChI is InChI=1S/C27H33FN6O2/c1-16(2)19-5-6-22(34-13-18(14-34)17(3)35)21-12-30-25(11-20(19)21)31-24-7-9-29-26(32-24)33-10-8-23(36)27(4,28)15-33/h5-7,9,11-12,16,18,23,36H,8,10,13-15H2,1-4H3,(H,29,30,31,32)/t23-,27+/m1/s1. The fourth-order valence-corrected chi connectivity index (χ4v) is 5.04. The number of aromatic nitrogens is 3. The van der Waals surface area contributed by atoms with Crippen molar-refractivity contribution in [2.24, 2.45) is 5.92 Å². The molecule has 0 radical (unpaired) electrons. The smallest absolute Gasteiger partial charge is 0.227 e. The van der Waals surface area contributed by atoms with Crippen LogP contribution in [0.2, 0.25) is 0 Å². The van der Waals surface area contributed by atoms with E-state index in [1.807, 2.05) is 12.3 Å². The van der Waals surface area contributed by atoms with E-state index < -0.39 is 11.8 Å². The molecule has 9 heteroatoms. The van der Waals surface area contributed by atoms with Crippen molar-refractivity contribution in [3.63, 3.8) is 0 Å². The summed E-state index contributed by atoms with van der Waals surface area (Å²) in [5.41, 5.74) is 0.605. The van der Waals surface area contributed by atoms with Crippen LogP contribution in [0.3, 0.4) is 0 Å². The molecule has 0 bridgehead atoms. The number of nitrogens with one attached hydrogen (secondary N) is 1. The number of carbonyl (C=O) groups excluding carboxylic acids is 1. The Morgan fingerprint density at radius 3 is 2.64 bits per heavy atom. The second-order valence-corrected chi connectivity index (χ2v) is 10.5. The van der Waals surface area contributed by atoms with Crippen LogP contribution in [0.15, 0.2) is 36.7 Å². The van der Waals surface area contributed by atoms with Gasteiger partial charge in [0, 0.05) is 43.1 Å². The molecule has 0 aliphatic carbocycles. The van der Waals surface area contributed by atoms with E-state index in [2.05, 4.69) is 51.1 Å². The van der Waals surface area contributed by atoms with E-state index in [4.69, 9.17) is 0 Å². The van der Waals surface area contributed by atoms with Crippen molar-refractivity contribution in [2.75, 3.05) is 41.3 Å². The minimum atomic E-state index is -1.71. The van der Waals surface area contributed by atoms with Crippen LogP contribution < -0.4 is 15.1 Å². The van der Waals surface area contributed by atoms with Crippen LogP contribution >= 0.6 is 0 Å². The first-order valence-corrected chi connectivity index (χ1v) is 12.5. The van der Waals surface area contributed by atoms with Crippen molar-refractivity contribution >= 4 is 39.8 Å². The van der Waals surface area contributed by atoms with Crippen LogP contribution in [0.5, 0.6) is 0 Å². The molecule has 0 spiro atoms. The van der Waals surface area contributed by atoms with Gasteiger partial charge in [0.05, 0.1) is 18.6 Å². The van der Waals surface area contributed by atoms with E-state index in [1.54, 1.807) is 24.1 Å². The largest absolute Gasteiger partial charge is 0.390 e. The zero-order valence-electron chi connectivity index (χ0n) is 21.2. The molecule has 36 heavy (non-hydrogen) atoms. The molecule has 0 amide bonds. The van der Waals surface area contributed by atoms with Crippen LogP contribution in [-0.4, -0.2) is 63.8 Å². The van der Waals surface area contributed by atoms with Gasteiger partial charge in [-0.05, 0) is 55.3 Å². The normalized spacial score (nSPS) is 22.7. The van der Waals surface area contributed by atoms with E-state index >= 15 is 0 Å². The number of fused-ring (bicyclic) bond motifs is 1. The number of Topliss-reactive ketones (excluding diaryl/α,β-unsaturated/α-hetero) is 1. The van der Waals surface area contributed by atoms with Gasteiger partial charge in [0.1, 0.15) is 17.4 Å². The van der Waals surface area contributed by atoms with Crippen molar-refractivity contribution < 1.29 is 14.3 Å². The van der Waals surface area contributed by atoms with Gasteiger partial charge >= 0.3 is 0 Å². The number of halogens is 1. The third kappa shape index (κ3) is 4.59. The van der Waals surface area contributed by atoms with Crippen molar-refractivity contribution in [3.8, 4) is 0 Å². The fourth-order valence-electron chi connectivity index (χ4n) is 5.04. The average molecular weight is 493 g/mol. The molecule has 2 N–H and O–H groups in total. The van der Waals surface area contributed by atoms with E-state index in [9.17, 15) is 14.3 Å². The maximum Gasteiger partial charge on any atom is 0.227 e. The lowest BCUT2D eigenvalue weighted by Crippen LogP contribution is -2.52. The molecule has 2 saturated heterocycles. The number of alkyl halides is 1. The van der Waals surface area contributed by atoms with Crippen LogP contribution in [0.1, 0.15) is 45.6 Å². The third-order valence-electron chi connectivity index (χ3n) is 7.38. The maximum atomic E-state index is 14.7. The minimum absolute atomic E-state index is 0.0351. The lowest BCUT2D eigenvalue weighted by Gasteiger charge is -2.40. The quantitative estimate of drug-likeness (QED) is 0.528. The summed E-state index contributed by atoms with van der Waals surface area (Å²) in [6, 6.07) is 8.08. The molecule has 1 aromatic carbocycles. The zero-order chi connectivity index (χ0) is 25.6. The monoisotopic (exact) mass is 492 g/mol. The van der Waals surface area contributed by atoms with Gasteiger partial charge in [0.25, 0.3) is 0 Å².